The molecule has 1 N–H and O–H groups in total. The molecule has 0 spiro atoms. The summed E-state index contributed by atoms with van der Waals surface area (Å²) in [6.45, 7) is 5.02. The fraction of sp³-hybridized carbons (Fsp3) is 0.429. The lowest BCUT2D eigenvalue weighted by atomic mass is 9.99. The van der Waals surface area contributed by atoms with Crippen molar-refractivity contribution in [2.24, 2.45) is 0 Å². The van der Waals surface area contributed by atoms with Crippen molar-refractivity contribution in [1.82, 2.24) is 10.2 Å². The van der Waals surface area contributed by atoms with Crippen LogP contribution in [0, 0.1) is 11.3 Å². The van der Waals surface area contributed by atoms with Crippen LogP contribution >= 0.6 is 0 Å². The number of hydrogen-bond donors (Lipinski definition) is 1. The number of urea groups is 1. The van der Waals surface area contributed by atoms with Crippen LogP contribution in [0.5, 0.6) is 0 Å². The molecule has 1 heterocycles. The highest BCUT2D eigenvalue weighted by Crippen LogP contribution is 2.22. The number of amides is 2. The lowest BCUT2D eigenvalue weighted by Crippen LogP contribution is -2.28. The molecule has 4 heteroatoms. The topological polar surface area (TPSA) is 56.1 Å². The minimum atomic E-state index is -0.158. The Morgan fingerprint density at radius 1 is 1.44 bits per heavy atom. The van der Waals surface area contributed by atoms with E-state index in [1.165, 1.54) is 10.5 Å². The molecule has 1 aliphatic rings. The number of nitriles is 1. The van der Waals surface area contributed by atoms with Gasteiger partial charge in [0.05, 0.1) is 12.1 Å². The fourth-order valence-electron chi connectivity index (χ4n) is 2.11. The lowest BCUT2D eigenvalue weighted by molar-refractivity contribution is 0.222. The molecule has 1 aliphatic heterocycles. The minimum absolute atomic E-state index is 0.00735. The predicted molar refractivity (Wildman–Crippen MR) is 69.0 cm³/mol. The van der Waals surface area contributed by atoms with Crippen molar-refractivity contribution in [2.45, 2.75) is 25.8 Å². The molecule has 1 saturated heterocycles. The van der Waals surface area contributed by atoms with Crippen LogP contribution in [0.2, 0.25) is 0 Å². The maximum atomic E-state index is 11.6. The van der Waals surface area contributed by atoms with Crippen molar-refractivity contribution in [3.63, 3.8) is 0 Å². The molecule has 94 valence electrons. The van der Waals surface area contributed by atoms with Crippen molar-refractivity contribution >= 4 is 6.03 Å². The quantitative estimate of drug-likeness (QED) is 0.829. The van der Waals surface area contributed by atoms with Gasteiger partial charge in [0.15, 0.2) is 0 Å². The van der Waals surface area contributed by atoms with E-state index in [2.05, 4.69) is 43.4 Å². The van der Waals surface area contributed by atoms with Crippen LogP contribution in [-0.4, -0.2) is 24.0 Å². The molecule has 1 aromatic rings. The van der Waals surface area contributed by atoms with Crippen molar-refractivity contribution in [2.75, 3.05) is 13.1 Å². The first-order valence-corrected chi connectivity index (χ1v) is 6.14. The summed E-state index contributed by atoms with van der Waals surface area (Å²) >= 11 is 0. The average molecular weight is 243 g/mol. The van der Waals surface area contributed by atoms with Gasteiger partial charge in [0.25, 0.3) is 0 Å². The summed E-state index contributed by atoms with van der Waals surface area (Å²) in [5.74, 6) is 0.507. The van der Waals surface area contributed by atoms with Gasteiger partial charge in [0, 0.05) is 6.54 Å². The average Bonchev–Trinajstić information content (AvgIpc) is 2.72. The van der Waals surface area contributed by atoms with Crippen molar-refractivity contribution in [1.29, 1.82) is 5.26 Å². The van der Waals surface area contributed by atoms with E-state index in [0.717, 1.165) is 5.56 Å². The standard InChI is InChI=1S/C14H17N3O/c1-10(2)11-3-5-12(6-4-11)13-9-17(8-7-15)14(18)16-13/h3-6,10,13H,8-9H2,1-2H3,(H,16,18). The van der Waals surface area contributed by atoms with Gasteiger partial charge < -0.3 is 10.2 Å². The second-order valence-electron chi connectivity index (χ2n) is 4.86. The van der Waals surface area contributed by atoms with Gasteiger partial charge in [-0.1, -0.05) is 38.1 Å². The summed E-state index contributed by atoms with van der Waals surface area (Å²) < 4.78 is 0. The van der Waals surface area contributed by atoms with E-state index in [9.17, 15) is 4.79 Å². The summed E-state index contributed by atoms with van der Waals surface area (Å²) in [6.07, 6.45) is 0. The van der Waals surface area contributed by atoms with Gasteiger partial charge in [-0.3, -0.25) is 0 Å². The van der Waals surface area contributed by atoms with Crippen LogP contribution in [0.3, 0.4) is 0 Å². The van der Waals surface area contributed by atoms with Crippen LogP contribution in [0.4, 0.5) is 4.79 Å². The molecule has 1 aromatic carbocycles. The summed E-state index contributed by atoms with van der Waals surface area (Å²) in [5.41, 5.74) is 2.38. The van der Waals surface area contributed by atoms with Gasteiger partial charge >= 0.3 is 6.03 Å². The van der Waals surface area contributed by atoms with E-state index in [1.807, 2.05) is 6.07 Å². The molecule has 0 bridgehead atoms. The van der Waals surface area contributed by atoms with Crippen LogP contribution in [0.25, 0.3) is 0 Å². The van der Waals surface area contributed by atoms with Crippen molar-refractivity contribution in [3.8, 4) is 6.07 Å². The van der Waals surface area contributed by atoms with Gasteiger partial charge in [0.2, 0.25) is 0 Å². The van der Waals surface area contributed by atoms with Gasteiger partial charge in [-0.2, -0.15) is 5.26 Å². The highest BCUT2D eigenvalue weighted by Gasteiger charge is 2.29. The Labute approximate surface area is 107 Å². The Kier molecular flexibility index (Phi) is 3.52. The molecule has 18 heavy (non-hydrogen) atoms. The van der Waals surface area contributed by atoms with Crippen LogP contribution < -0.4 is 5.32 Å². The predicted octanol–water partition coefficient (Wildman–Crippen LogP) is 2.40. The summed E-state index contributed by atoms with van der Waals surface area (Å²) in [5, 5.41) is 11.5. The number of carbonyl (C=O) groups is 1. The van der Waals surface area contributed by atoms with Crippen LogP contribution in [0.1, 0.15) is 36.9 Å². The number of benzene rings is 1. The minimum Gasteiger partial charge on any atom is -0.329 e. The Morgan fingerprint density at radius 2 is 2.11 bits per heavy atom. The summed E-state index contributed by atoms with van der Waals surface area (Å²) in [7, 11) is 0. The van der Waals surface area contributed by atoms with Crippen LogP contribution in [-0.2, 0) is 0 Å². The summed E-state index contributed by atoms with van der Waals surface area (Å²) in [6, 6.07) is 10.1. The molecule has 0 radical (unpaired) electrons. The Bertz CT molecular complexity index is 473. The third-order valence-corrected chi connectivity index (χ3v) is 3.25. The molecule has 1 atom stereocenters. The highest BCUT2D eigenvalue weighted by atomic mass is 16.2. The lowest BCUT2D eigenvalue weighted by Gasteiger charge is -2.12. The second-order valence-corrected chi connectivity index (χ2v) is 4.86. The number of nitrogens with one attached hydrogen (secondary N) is 1. The van der Waals surface area contributed by atoms with Crippen LogP contribution in [0.15, 0.2) is 24.3 Å². The van der Waals surface area contributed by atoms with E-state index < -0.39 is 0 Å². The molecular formula is C14H17N3O. The number of hydrogen-bond acceptors (Lipinski definition) is 2. The third-order valence-electron chi connectivity index (χ3n) is 3.25. The first kappa shape index (κ1) is 12.4. The maximum absolute atomic E-state index is 11.6. The molecule has 2 rings (SSSR count). The number of nitrogens with zero attached hydrogens (tertiary/aromatic N) is 2. The van der Waals surface area contributed by atoms with Gasteiger partial charge in [-0.05, 0) is 17.0 Å². The Morgan fingerprint density at radius 3 is 2.67 bits per heavy atom. The molecule has 2 amide bonds. The first-order chi connectivity index (χ1) is 8.61. The monoisotopic (exact) mass is 243 g/mol. The van der Waals surface area contributed by atoms with E-state index >= 15 is 0 Å². The normalized spacial score (nSPS) is 18.9. The first-order valence-electron chi connectivity index (χ1n) is 6.14. The molecule has 1 unspecified atom stereocenters. The SMILES string of the molecule is CC(C)c1ccc(C2CN(CC#N)C(=O)N2)cc1. The molecule has 0 aromatic heterocycles. The zero-order valence-electron chi connectivity index (χ0n) is 10.7. The molecule has 0 saturated carbocycles. The van der Waals surface area contributed by atoms with Gasteiger partial charge in [0.1, 0.15) is 6.54 Å². The largest absolute Gasteiger partial charge is 0.329 e. The smallest absolute Gasteiger partial charge is 0.318 e. The second kappa shape index (κ2) is 5.09. The number of carbonyl (C=O) groups excluding carboxylic acids is 1. The van der Waals surface area contributed by atoms with Gasteiger partial charge in [-0.15, -0.1) is 0 Å². The van der Waals surface area contributed by atoms with E-state index in [0.29, 0.717) is 12.5 Å². The third kappa shape index (κ3) is 2.45. The Hall–Kier alpha value is -2.02. The maximum Gasteiger partial charge on any atom is 0.318 e. The highest BCUT2D eigenvalue weighted by molar-refractivity contribution is 5.77. The van der Waals surface area contributed by atoms with E-state index in [-0.39, 0.29) is 18.6 Å². The molecular weight excluding hydrogens is 226 g/mol. The zero-order chi connectivity index (χ0) is 13.1. The van der Waals surface area contributed by atoms with E-state index in [1.54, 1.807) is 0 Å². The van der Waals surface area contributed by atoms with Crippen molar-refractivity contribution in [3.05, 3.63) is 35.4 Å². The molecule has 0 aliphatic carbocycles. The van der Waals surface area contributed by atoms with E-state index in [4.69, 9.17) is 5.26 Å². The van der Waals surface area contributed by atoms with Crippen molar-refractivity contribution < 1.29 is 4.79 Å². The molecule has 1 fully saturated rings. The molecule has 4 nitrogen and oxygen atoms in total. The zero-order valence-corrected chi connectivity index (χ0v) is 10.7. The summed E-state index contributed by atoms with van der Waals surface area (Å²) in [4.78, 5) is 13.1. The number of rotatable bonds is 3. The van der Waals surface area contributed by atoms with Gasteiger partial charge in [-0.25, -0.2) is 4.79 Å². The fourth-order valence-corrected chi connectivity index (χ4v) is 2.11. The Balaban J connectivity index is 2.09.